The lowest BCUT2D eigenvalue weighted by molar-refractivity contribution is -0.116. The van der Waals surface area contributed by atoms with Gasteiger partial charge in [-0.05, 0) is 25.7 Å². The van der Waals surface area contributed by atoms with Gasteiger partial charge in [0.25, 0.3) is 0 Å². The zero-order chi connectivity index (χ0) is 17.1. The Labute approximate surface area is 147 Å². The quantitative estimate of drug-likeness (QED) is 0.834. The monoisotopic (exact) mass is 343 g/mol. The van der Waals surface area contributed by atoms with Crippen LogP contribution in [0.25, 0.3) is 0 Å². The number of hydrogen-bond donors (Lipinski definition) is 2. The summed E-state index contributed by atoms with van der Waals surface area (Å²) in [4.78, 5) is 12.1. The summed E-state index contributed by atoms with van der Waals surface area (Å²) in [6, 6.07) is 1.96. The van der Waals surface area contributed by atoms with Crippen LogP contribution in [-0.4, -0.2) is 26.3 Å². The van der Waals surface area contributed by atoms with E-state index in [9.17, 15) is 4.79 Å². The van der Waals surface area contributed by atoms with E-state index < -0.39 is 0 Å². The van der Waals surface area contributed by atoms with Gasteiger partial charge in [-0.1, -0.05) is 25.7 Å². The van der Waals surface area contributed by atoms with E-state index in [0.29, 0.717) is 36.4 Å². The van der Waals surface area contributed by atoms with E-state index in [1.807, 2.05) is 6.07 Å². The first-order valence-electron chi connectivity index (χ1n) is 9.45. The van der Waals surface area contributed by atoms with Crippen molar-refractivity contribution in [1.82, 2.24) is 20.4 Å². The van der Waals surface area contributed by atoms with Crippen LogP contribution in [0.4, 0.5) is 5.82 Å². The van der Waals surface area contributed by atoms with Crippen molar-refractivity contribution in [2.45, 2.75) is 76.0 Å². The lowest BCUT2D eigenvalue weighted by Gasteiger charge is -2.03. The predicted octanol–water partition coefficient (Wildman–Crippen LogP) is 3.68. The van der Waals surface area contributed by atoms with Crippen molar-refractivity contribution in [3.8, 4) is 0 Å². The molecule has 2 heterocycles. The fourth-order valence-electron chi connectivity index (χ4n) is 3.98. The minimum atomic E-state index is -0.0786. The normalized spacial score (nSPS) is 18.9. The number of aryl methyl sites for hydroxylation is 1. The molecule has 4 rings (SSSR count). The van der Waals surface area contributed by atoms with E-state index in [-0.39, 0.29) is 5.91 Å². The van der Waals surface area contributed by atoms with Gasteiger partial charge in [-0.25, -0.2) is 0 Å². The molecule has 0 unspecified atom stereocenters. The van der Waals surface area contributed by atoms with Crippen LogP contribution in [-0.2, 0) is 11.2 Å². The minimum Gasteiger partial charge on any atom is -0.425 e. The van der Waals surface area contributed by atoms with Crippen molar-refractivity contribution in [1.29, 1.82) is 0 Å². The third kappa shape index (κ3) is 3.91. The summed E-state index contributed by atoms with van der Waals surface area (Å²) >= 11 is 0. The molecule has 1 amide bonds. The van der Waals surface area contributed by atoms with Crippen molar-refractivity contribution in [3.05, 3.63) is 23.5 Å². The molecule has 0 atom stereocenters. The second-order valence-electron chi connectivity index (χ2n) is 7.25. The molecule has 2 aromatic heterocycles. The average Bonchev–Trinajstić information content (AvgIpc) is 3.40. The van der Waals surface area contributed by atoms with Gasteiger partial charge in [-0.2, -0.15) is 5.10 Å². The highest BCUT2D eigenvalue weighted by atomic mass is 16.4. The van der Waals surface area contributed by atoms with Gasteiger partial charge in [0, 0.05) is 36.4 Å². The zero-order valence-electron chi connectivity index (χ0n) is 14.5. The van der Waals surface area contributed by atoms with Gasteiger partial charge in [0.2, 0.25) is 17.7 Å². The highest BCUT2D eigenvalue weighted by Gasteiger charge is 2.23. The molecule has 0 spiro atoms. The maximum Gasteiger partial charge on any atom is 0.226 e. The number of aromatic amines is 1. The van der Waals surface area contributed by atoms with Crippen LogP contribution in [0.3, 0.4) is 0 Å². The van der Waals surface area contributed by atoms with Crippen molar-refractivity contribution in [2.24, 2.45) is 0 Å². The first kappa shape index (κ1) is 16.3. The molecule has 0 aromatic carbocycles. The lowest BCUT2D eigenvalue weighted by atomic mass is 10.0. The summed E-state index contributed by atoms with van der Waals surface area (Å²) in [5.74, 6) is 2.78. The molecule has 7 heteroatoms. The minimum absolute atomic E-state index is 0.0786. The summed E-state index contributed by atoms with van der Waals surface area (Å²) in [7, 11) is 0. The molecular weight excluding hydrogens is 318 g/mol. The maximum atomic E-state index is 12.1. The van der Waals surface area contributed by atoms with Crippen LogP contribution in [0, 0.1) is 0 Å². The highest BCUT2D eigenvalue weighted by molar-refractivity contribution is 5.89. The van der Waals surface area contributed by atoms with Crippen molar-refractivity contribution in [2.75, 3.05) is 5.32 Å². The molecule has 0 radical (unpaired) electrons. The number of amides is 1. The van der Waals surface area contributed by atoms with E-state index in [0.717, 1.165) is 24.4 Å². The van der Waals surface area contributed by atoms with Gasteiger partial charge in [-0.15, -0.1) is 10.2 Å². The first-order valence-corrected chi connectivity index (χ1v) is 9.45. The van der Waals surface area contributed by atoms with Crippen molar-refractivity contribution >= 4 is 11.7 Å². The molecule has 7 nitrogen and oxygen atoms in total. The standard InChI is InChI=1S/C18H25N5O2/c24-16(19-15-11-14(20-21-15)12-5-1-2-6-12)9-10-17-22-23-18(25-17)13-7-3-4-8-13/h11-13H,1-10H2,(H2,19,20,21,24). The molecular formula is C18H25N5O2. The van der Waals surface area contributed by atoms with E-state index in [4.69, 9.17) is 4.42 Å². The Morgan fingerprint density at radius 3 is 2.60 bits per heavy atom. The average molecular weight is 343 g/mol. The fourth-order valence-corrected chi connectivity index (χ4v) is 3.98. The van der Waals surface area contributed by atoms with Crippen LogP contribution in [0.15, 0.2) is 10.5 Å². The molecule has 134 valence electrons. The smallest absolute Gasteiger partial charge is 0.226 e. The maximum absolute atomic E-state index is 12.1. The fraction of sp³-hybridized carbons (Fsp3) is 0.667. The van der Waals surface area contributed by atoms with Crippen LogP contribution in [0.5, 0.6) is 0 Å². The number of rotatable bonds is 6. The number of anilines is 1. The van der Waals surface area contributed by atoms with E-state index >= 15 is 0 Å². The number of H-pyrrole nitrogens is 1. The van der Waals surface area contributed by atoms with Crippen LogP contribution in [0.2, 0.25) is 0 Å². The second kappa shape index (κ2) is 7.37. The first-order chi connectivity index (χ1) is 12.3. The topological polar surface area (TPSA) is 96.7 Å². The summed E-state index contributed by atoms with van der Waals surface area (Å²) < 4.78 is 5.72. The zero-order valence-corrected chi connectivity index (χ0v) is 14.5. The molecule has 0 aliphatic heterocycles. The summed E-state index contributed by atoms with van der Waals surface area (Å²) in [6.45, 7) is 0. The van der Waals surface area contributed by atoms with Gasteiger partial charge in [0.1, 0.15) is 0 Å². The third-order valence-corrected chi connectivity index (χ3v) is 5.41. The lowest BCUT2D eigenvalue weighted by Crippen LogP contribution is -2.12. The van der Waals surface area contributed by atoms with Gasteiger partial charge in [0.15, 0.2) is 5.82 Å². The summed E-state index contributed by atoms with van der Waals surface area (Å²) in [5, 5.41) is 18.3. The van der Waals surface area contributed by atoms with Crippen molar-refractivity contribution < 1.29 is 9.21 Å². The number of nitrogens with zero attached hydrogens (tertiary/aromatic N) is 3. The Morgan fingerprint density at radius 1 is 1.12 bits per heavy atom. The van der Waals surface area contributed by atoms with Gasteiger partial charge < -0.3 is 9.73 Å². The predicted molar refractivity (Wildman–Crippen MR) is 92.3 cm³/mol. The van der Waals surface area contributed by atoms with E-state index in [1.165, 1.54) is 38.5 Å². The number of carbonyl (C=O) groups excluding carboxylic acids is 1. The SMILES string of the molecule is O=C(CCc1nnc(C2CCCC2)o1)Nc1cc(C2CCCC2)[nH]n1. The van der Waals surface area contributed by atoms with Crippen molar-refractivity contribution in [3.63, 3.8) is 0 Å². The van der Waals surface area contributed by atoms with Gasteiger partial charge >= 0.3 is 0 Å². The molecule has 2 saturated carbocycles. The Hall–Kier alpha value is -2.18. The van der Waals surface area contributed by atoms with Crippen LogP contribution < -0.4 is 5.32 Å². The van der Waals surface area contributed by atoms with E-state index in [2.05, 4.69) is 25.7 Å². The largest absolute Gasteiger partial charge is 0.425 e. The van der Waals surface area contributed by atoms with E-state index in [1.54, 1.807) is 0 Å². The molecule has 2 aromatic rings. The number of hydrogen-bond acceptors (Lipinski definition) is 5. The summed E-state index contributed by atoms with van der Waals surface area (Å²) in [6.07, 6.45) is 10.5. The molecule has 2 aliphatic carbocycles. The number of nitrogens with one attached hydrogen (secondary N) is 2. The third-order valence-electron chi connectivity index (χ3n) is 5.41. The molecule has 0 saturated heterocycles. The number of carbonyl (C=O) groups is 1. The Balaban J connectivity index is 1.26. The van der Waals surface area contributed by atoms with Gasteiger partial charge in [-0.3, -0.25) is 9.89 Å². The van der Waals surface area contributed by atoms with Gasteiger partial charge in [0.05, 0.1) is 0 Å². The van der Waals surface area contributed by atoms with Crippen LogP contribution in [0.1, 0.15) is 87.1 Å². The second-order valence-corrected chi connectivity index (χ2v) is 7.25. The Morgan fingerprint density at radius 2 is 1.84 bits per heavy atom. The Kier molecular flexibility index (Phi) is 4.81. The summed E-state index contributed by atoms with van der Waals surface area (Å²) in [5.41, 5.74) is 1.13. The molecule has 2 N–H and O–H groups in total. The number of aromatic nitrogens is 4. The Bertz CT molecular complexity index is 711. The molecule has 25 heavy (non-hydrogen) atoms. The highest BCUT2D eigenvalue weighted by Crippen LogP contribution is 2.34. The molecule has 2 fully saturated rings. The molecule has 0 bridgehead atoms. The van der Waals surface area contributed by atoms with Crippen LogP contribution >= 0.6 is 0 Å². The molecule has 2 aliphatic rings.